The predicted octanol–water partition coefficient (Wildman–Crippen LogP) is 3.56. The molecule has 0 bridgehead atoms. The highest BCUT2D eigenvalue weighted by Crippen LogP contribution is 2.51. The number of amides is 1. The average molecular weight is 431 g/mol. The number of benzene rings is 3. The molecule has 1 aliphatic heterocycles. The molecule has 5 heteroatoms. The van der Waals surface area contributed by atoms with Crippen LogP contribution in [-0.2, 0) is 16.9 Å². The molecule has 32 heavy (non-hydrogen) atoms. The zero-order chi connectivity index (χ0) is 22.1. The summed E-state index contributed by atoms with van der Waals surface area (Å²) in [5.41, 5.74) is 0.379. The zero-order valence-corrected chi connectivity index (χ0v) is 17.8. The van der Waals surface area contributed by atoms with Gasteiger partial charge in [-0.15, -0.1) is 0 Å². The van der Waals surface area contributed by atoms with Gasteiger partial charge in [-0.05, 0) is 46.6 Å². The highest BCUT2D eigenvalue weighted by molar-refractivity contribution is 5.90. The number of aliphatic hydroxyl groups is 1. The van der Waals surface area contributed by atoms with E-state index in [2.05, 4.69) is 10.2 Å². The third kappa shape index (κ3) is 3.94. The summed E-state index contributed by atoms with van der Waals surface area (Å²) in [5, 5.41) is 14.6. The third-order valence-electron chi connectivity index (χ3n) is 6.95. The molecular formula is C27H27FN2O2. The number of rotatable bonds is 7. The smallest absolute Gasteiger partial charge is 0.261 e. The third-order valence-corrected chi connectivity index (χ3v) is 6.95. The van der Waals surface area contributed by atoms with Crippen molar-refractivity contribution in [3.05, 3.63) is 107 Å². The molecule has 1 saturated carbocycles. The molecule has 3 aromatic carbocycles. The van der Waals surface area contributed by atoms with E-state index in [4.69, 9.17) is 0 Å². The van der Waals surface area contributed by atoms with E-state index >= 15 is 0 Å². The lowest BCUT2D eigenvalue weighted by molar-refractivity contribution is -0.136. The van der Waals surface area contributed by atoms with Gasteiger partial charge in [-0.3, -0.25) is 9.69 Å². The number of nitrogens with one attached hydrogen (secondary N) is 1. The highest BCUT2D eigenvalue weighted by atomic mass is 19.1. The fourth-order valence-corrected chi connectivity index (χ4v) is 5.19. The van der Waals surface area contributed by atoms with E-state index in [0.717, 1.165) is 25.2 Å². The van der Waals surface area contributed by atoms with Gasteiger partial charge in [-0.25, -0.2) is 4.39 Å². The summed E-state index contributed by atoms with van der Waals surface area (Å²) in [4.78, 5) is 15.6. The summed E-state index contributed by atoms with van der Waals surface area (Å²) in [5.74, 6) is 0.933. The number of halogens is 1. The van der Waals surface area contributed by atoms with Crippen LogP contribution in [-0.4, -0.2) is 35.5 Å². The number of fused-ring (bicyclic) bond motifs is 1. The second-order valence-corrected chi connectivity index (χ2v) is 8.97. The Labute approximate surface area is 187 Å². The molecule has 2 fully saturated rings. The Morgan fingerprint density at radius 3 is 2.09 bits per heavy atom. The van der Waals surface area contributed by atoms with Gasteiger partial charge in [-0.2, -0.15) is 0 Å². The quantitative estimate of drug-likeness (QED) is 0.603. The van der Waals surface area contributed by atoms with Crippen molar-refractivity contribution < 1.29 is 14.3 Å². The van der Waals surface area contributed by atoms with Crippen LogP contribution in [0.4, 0.5) is 4.39 Å². The van der Waals surface area contributed by atoms with Crippen molar-refractivity contribution in [2.45, 2.75) is 12.1 Å². The minimum absolute atomic E-state index is 0.197. The van der Waals surface area contributed by atoms with Gasteiger partial charge in [0.1, 0.15) is 5.82 Å². The molecule has 2 N–H and O–H groups in total. The van der Waals surface area contributed by atoms with Crippen LogP contribution >= 0.6 is 0 Å². The minimum atomic E-state index is -1.73. The normalized spacial score (nSPS) is 22.4. The number of hydrogen-bond acceptors (Lipinski definition) is 3. The first kappa shape index (κ1) is 20.9. The SMILES string of the molecule is O=C(NCC1C2CN(Cc3cccc(F)c3)CC12)C(O)(c1ccccc1)c1ccccc1. The monoisotopic (exact) mass is 430 g/mol. The highest BCUT2D eigenvalue weighted by Gasteiger charge is 2.55. The van der Waals surface area contributed by atoms with E-state index in [1.165, 1.54) is 6.07 Å². The zero-order valence-electron chi connectivity index (χ0n) is 17.8. The van der Waals surface area contributed by atoms with E-state index < -0.39 is 11.5 Å². The van der Waals surface area contributed by atoms with Crippen LogP contribution in [0.25, 0.3) is 0 Å². The maximum absolute atomic E-state index is 13.4. The number of nitrogens with zero attached hydrogens (tertiary/aromatic N) is 1. The Morgan fingerprint density at radius 2 is 1.53 bits per heavy atom. The molecule has 4 nitrogen and oxygen atoms in total. The minimum Gasteiger partial charge on any atom is -0.372 e. The van der Waals surface area contributed by atoms with E-state index in [1.54, 1.807) is 36.4 Å². The molecule has 3 aromatic rings. The van der Waals surface area contributed by atoms with Gasteiger partial charge in [0, 0.05) is 26.2 Å². The molecule has 1 aliphatic carbocycles. The van der Waals surface area contributed by atoms with Crippen molar-refractivity contribution in [3.8, 4) is 0 Å². The fourth-order valence-electron chi connectivity index (χ4n) is 5.19. The van der Waals surface area contributed by atoms with Crippen molar-refractivity contribution in [2.75, 3.05) is 19.6 Å². The molecule has 0 radical (unpaired) electrons. The maximum Gasteiger partial charge on any atom is 0.261 e. The predicted molar refractivity (Wildman–Crippen MR) is 121 cm³/mol. The van der Waals surface area contributed by atoms with Gasteiger partial charge in [0.15, 0.2) is 5.60 Å². The van der Waals surface area contributed by atoms with E-state index in [1.807, 2.05) is 42.5 Å². The lowest BCUT2D eigenvalue weighted by Gasteiger charge is -2.28. The Kier molecular flexibility index (Phi) is 5.53. The van der Waals surface area contributed by atoms with Gasteiger partial charge < -0.3 is 10.4 Å². The second-order valence-electron chi connectivity index (χ2n) is 8.97. The number of carbonyl (C=O) groups is 1. The molecule has 2 aliphatic rings. The van der Waals surface area contributed by atoms with Crippen LogP contribution in [0.5, 0.6) is 0 Å². The summed E-state index contributed by atoms with van der Waals surface area (Å²) < 4.78 is 13.4. The van der Waals surface area contributed by atoms with Crippen molar-refractivity contribution in [3.63, 3.8) is 0 Å². The molecule has 164 valence electrons. The first-order chi connectivity index (χ1) is 15.6. The lowest BCUT2D eigenvalue weighted by atomic mass is 9.85. The van der Waals surface area contributed by atoms with E-state index in [0.29, 0.717) is 35.4 Å². The van der Waals surface area contributed by atoms with Gasteiger partial charge in [0.2, 0.25) is 0 Å². The maximum atomic E-state index is 13.4. The van der Waals surface area contributed by atoms with Gasteiger partial charge >= 0.3 is 0 Å². The summed E-state index contributed by atoms with van der Waals surface area (Å²) in [6, 6.07) is 24.9. The molecule has 1 amide bonds. The fraction of sp³-hybridized carbons (Fsp3) is 0.296. The van der Waals surface area contributed by atoms with Crippen LogP contribution in [0.15, 0.2) is 84.9 Å². The Balaban J connectivity index is 1.21. The largest absolute Gasteiger partial charge is 0.372 e. The molecule has 1 heterocycles. The van der Waals surface area contributed by atoms with Crippen LogP contribution in [0.2, 0.25) is 0 Å². The average Bonchev–Trinajstić information content (AvgIpc) is 3.28. The summed E-state index contributed by atoms with van der Waals surface area (Å²) in [6.45, 7) is 3.24. The van der Waals surface area contributed by atoms with Gasteiger partial charge in [-0.1, -0.05) is 72.8 Å². The van der Waals surface area contributed by atoms with Crippen molar-refractivity contribution in [2.24, 2.45) is 17.8 Å². The van der Waals surface area contributed by atoms with E-state index in [-0.39, 0.29) is 5.82 Å². The van der Waals surface area contributed by atoms with Gasteiger partial charge in [0.05, 0.1) is 0 Å². The topological polar surface area (TPSA) is 52.6 Å². The van der Waals surface area contributed by atoms with Crippen molar-refractivity contribution >= 4 is 5.91 Å². The lowest BCUT2D eigenvalue weighted by Crippen LogP contribution is -2.46. The van der Waals surface area contributed by atoms with Crippen LogP contribution in [0.1, 0.15) is 16.7 Å². The van der Waals surface area contributed by atoms with E-state index in [9.17, 15) is 14.3 Å². The van der Waals surface area contributed by atoms with Gasteiger partial charge in [0.25, 0.3) is 5.91 Å². The number of hydrogen-bond donors (Lipinski definition) is 2. The Morgan fingerprint density at radius 1 is 0.938 bits per heavy atom. The molecule has 2 atom stereocenters. The van der Waals surface area contributed by atoms with Crippen LogP contribution < -0.4 is 5.32 Å². The number of carbonyl (C=O) groups excluding carboxylic acids is 1. The molecule has 1 saturated heterocycles. The van der Waals surface area contributed by atoms with Crippen LogP contribution in [0, 0.1) is 23.6 Å². The van der Waals surface area contributed by atoms with Crippen molar-refractivity contribution in [1.29, 1.82) is 0 Å². The molecule has 0 spiro atoms. The molecular weight excluding hydrogens is 403 g/mol. The number of piperidine rings is 1. The van der Waals surface area contributed by atoms with Crippen LogP contribution in [0.3, 0.4) is 0 Å². The molecule has 5 rings (SSSR count). The standard InChI is InChI=1S/C27H27FN2O2/c28-22-13-7-8-19(14-22)16-30-17-24-23(25(24)18-30)15-29-26(31)27(32,20-9-3-1-4-10-20)21-11-5-2-6-12-21/h1-14,23-25,32H,15-18H2,(H,29,31). The Hall–Kier alpha value is -3.02. The summed E-state index contributed by atoms with van der Waals surface area (Å²) in [6.07, 6.45) is 0. The van der Waals surface area contributed by atoms with Crippen molar-refractivity contribution in [1.82, 2.24) is 10.2 Å². The summed E-state index contributed by atoms with van der Waals surface area (Å²) >= 11 is 0. The Bertz CT molecular complexity index is 1040. The number of likely N-dealkylation sites (tertiary alicyclic amines) is 1. The summed E-state index contributed by atoms with van der Waals surface area (Å²) in [7, 11) is 0. The first-order valence-electron chi connectivity index (χ1n) is 11.1. The molecule has 2 unspecified atom stereocenters. The molecule has 0 aromatic heterocycles. The second kappa shape index (κ2) is 8.49. The first-order valence-corrected chi connectivity index (χ1v) is 11.1.